The standard InChI is InChI=1S/C11H24N2O2/c1-9(10(2)14-4)12-7-11-8-13(3)5-6-15-11/h9-12H,5-8H2,1-4H3. The van der Waals surface area contributed by atoms with Crippen LogP contribution in [0.2, 0.25) is 0 Å². The van der Waals surface area contributed by atoms with Crippen LogP contribution in [0.5, 0.6) is 0 Å². The highest BCUT2D eigenvalue weighted by molar-refractivity contribution is 4.75. The Morgan fingerprint density at radius 3 is 2.87 bits per heavy atom. The number of rotatable bonds is 5. The van der Waals surface area contributed by atoms with Crippen molar-refractivity contribution in [2.24, 2.45) is 0 Å². The summed E-state index contributed by atoms with van der Waals surface area (Å²) in [6.45, 7) is 8.02. The molecule has 4 heteroatoms. The minimum atomic E-state index is 0.242. The number of nitrogens with one attached hydrogen (secondary N) is 1. The van der Waals surface area contributed by atoms with Gasteiger partial charge in [0, 0.05) is 32.8 Å². The lowest BCUT2D eigenvalue weighted by molar-refractivity contribution is -0.0219. The molecule has 1 aliphatic heterocycles. The second kappa shape index (κ2) is 6.43. The van der Waals surface area contributed by atoms with Crippen LogP contribution in [0.15, 0.2) is 0 Å². The van der Waals surface area contributed by atoms with E-state index in [1.165, 1.54) is 0 Å². The molecular formula is C11H24N2O2. The smallest absolute Gasteiger partial charge is 0.0826 e. The summed E-state index contributed by atoms with van der Waals surface area (Å²) in [5.74, 6) is 0. The summed E-state index contributed by atoms with van der Waals surface area (Å²) in [6.07, 6.45) is 0.557. The summed E-state index contributed by atoms with van der Waals surface area (Å²) in [7, 11) is 3.88. The van der Waals surface area contributed by atoms with Crippen molar-refractivity contribution in [3.8, 4) is 0 Å². The third-order valence-electron chi connectivity index (χ3n) is 3.09. The number of ether oxygens (including phenoxy) is 2. The second-order valence-electron chi connectivity index (χ2n) is 4.39. The molecule has 1 N–H and O–H groups in total. The Labute approximate surface area is 92.9 Å². The van der Waals surface area contributed by atoms with E-state index in [-0.39, 0.29) is 6.10 Å². The van der Waals surface area contributed by atoms with Crippen LogP contribution < -0.4 is 5.32 Å². The van der Waals surface area contributed by atoms with Crippen molar-refractivity contribution in [3.63, 3.8) is 0 Å². The molecule has 4 nitrogen and oxygen atoms in total. The molecule has 3 atom stereocenters. The fraction of sp³-hybridized carbons (Fsp3) is 1.00. The van der Waals surface area contributed by atoms with Gasteiger partial charge in [0.15, 0.2) is 0 Å². The van der Waals surface area contributed by atoms with Crippen LogP contribution in [0.1, 0.15) is 13.8 Å². The van der Waals surface area contributed by atoms with Gasteiger partial charge < -0.3 is 19.7 Å². The summed E-state index contributed by atoms with van der Waals surface area (Å²) in [6, 6.07) is 0.367. The lowest BCUT2D eigenvalue weighted by Crippen LogP contribution is -2.48. The largest absolute Gasteiger partial charge is 0.380 e. The molecular weight excluding hydrogens is 192 g/mol. The van der Waals surface area contributed by atoms with Crippen LogP contribution in [0.25, 0.3) is 0 Å². The highest BCUT2D eigenvalue weighted by atomic mass is 16.5. The van der Waals surface area contributed by atoms with Gasteiger partial charge in [-0.15, -0.1) is 0 Å². The number of nitrogens with zero attached hydrogens (tertiary/aromatic N) is 1. The molecule has 1 fully saturated rings. The Morgan fingerprint density at radius 2 is 2.27 bits per heavy atom. The fourth-order valence-electron chi connectivity index (χ4n) is 1.68. The molecule has 0 saturated carbocycles. The predicted octanol–water partition coefficient (Wildman–Crippen LogP) is 0.330. The van der Waals surface area contributed by atoms with E-state index in [9.17, 15) is 0 Å². The highest BCUT2D eigenvalue weighted by Crippen LogP contribution is 2.03. The van der Waals surface area contributed by atoms with Gasteiger partial charge in [-0.2, -0.15) is 0 Å². The number of likely N-dealkylation sites (N-methyl/N-ethyl adjacent to an activating group) is 1. The van der Waals surface area contributed by atoms with Crippen molar-refractivity contribution in [3.05, 3.63) is 0 Å². The van der Waals surface area contributed by atoms with E-state index in [0.29, 0.717) is 12.1 Å². The summed E-state index contributed by atoms with van der Waals surface area (Å²) < 4.78 is 10.9. The van der Waals surface area contributed by atoms with Crippen LogP contribution >= 0.6 is 0 Å². The molecule has 0 aromatic carbocycles. The van der Waals surface area contributed by atoms with Gasteiger partial charge in [-0.25, -0.2) is 0 Å². The highest BCUT2D eigenvalue weighted by Gasteiger charge is 2.19. The van der Waals surface area contributed by atoms with Gasteiger partial charge in [-0.1, -0.05) is 0 Å². The minimum Gasteiger partial charge on any atom is -0.380 e. The Bertz CT molecular complexity index is 178. The molecule has 0 aromatic heterocycles. The van der Waals surface area contributed by atoms with Gasteiger partial charge in [-0.3, -0.25) is 0 Å². The third-order valence-corrected chi connectivity index (χ3v) is 3.09. The van der Waals surface area contributed by atoms with Crippen molar-refractivity contribution in [1.82, 2.24) is 10.2 Å². The number of hydrogen-bond acceptors (Lipinski definition) is 4. The summed E-state index contributed by atoms with van der Waals surface area (Å²) >= 11 is 0. The van der Waals surface area contributed by atoms with E-state index < -0.39 is 0 Å². The van der Waals surface area contributed by atoms with Gasteiger partial charge in [0.1, 0.15) is 0 Å². The first-order valence-electron chi connectivity index (χ1n) is 5.69. The first-order chi connectivity index (χ1) is 7.13. The van der Waals surface area contributed by atoms with E-state index in [4.69, 9.17) is 9.47 Å². The normalized spacial score (nSPS) is 27.6. The van der Waals surface area contributed by atoms with Crippen LogP contribution in [-0.2, 0) is 9.47 Å². The maximum atomic E-state index is 5.67. The van der Waals surface area contributed by atoms with Crippen LogP contribution in [0, 0.1) is 0 Å². The molecule has 0 amide bonds. The van der Waals surface area contributed by atoms with Gasteiger partial charge in [-0.05, 0) is 20.9 Å². The zero-order valence-corrected chi connectivity index (χ0v) is 10.3. The van der Waals surface area contributed by atoms with E-state index >= 15 is 0 Å². The molecule has 0 aromatic rings. The Morgan fingerprint density at radius 1 is 1.53 bits per heavy atom. The molecule has 1 heterocycles. The molecule has 0 bridgehead atoms. The Kier molecular flexibility index (Phi) is 5.53. The average molecular weight is 216 g/mol. The molecule has 0 aliphatic carbocycles. The van der Waals surface area contributed by atoms with Crippen LogP contribution in [0.4, 0.5) is 0 Å². The van der Waals surface area contributed by atoms with Crippen LogP contribution in [-0.4, -0.2) is 63.5 Å². The SMILES string of the molecule is COC(C)C(C)NCC1CN(C)CCO1. The van der Waals surface area contributed by atoms with Gasteiger partial charge in [0.2, 0.25) is 0 Å². The van der Waals surface area contributed by atoms with Gasteiger partial charge in [0.25, 0.3) is 0 Å². The van der Waals surface area contributed by atoms with Crippen LogP contribution in [0.3, 0.4) is 0 Å². The molecule has 90 valence electrons. The van der Waals surface area contributed by atoms with Crippen molar-refractivity contribution < 1.29 is 9.47 Å². The van der Waals surface area contributed by atoms with Crippen molar-refractivity contribution >= 4 is 0 Å². The van der Waals surface area contributed by atoms with E-state index in [1.807, 2.05) is 0 Å². The fourth-order valence-corrected chi connectivity index (χ4v) is 1.68. The topological polar surface area (TPSA) is 33.7 Å². The quantitative estimate of drug-likeness (QED) is 0.718. The zero-order chi connectivity index (χ0) is 11.3. The lowest BCUT2D eigenvalue weighted by atomic mass is 10.2. The van der Waals surface area contributed by atoms with E-state index in [1.54, 1.807) is 7.11 Å². The van der Waals surface area contributed by atoms with Crippen molar-refractivity contribution in [2.45, 2.75) is 32.1 Å². The molecule has 3 unspecified atom stereocenters. The minimum absolute atomic E-state index is 0.242. The van der Waals surface area contributed by atoms with E-state index in [0.717, 1.165) is 26.2 Å². The molecule has 1 aliphatic rings. The van der Waals surface area contributed by atoms with E-state index in [2.05, 4.69) is 31.1 Å². The van der Waals surface area contributed by atoms with Crippen molar-refractivity contribution in [2.75, 3.05) is 40.4 Å². The molecule has 1 saturated heterocycles. The molecule has 0 spiro atoms. The Hall–Kier alpha value is -0.160. The molecule has 15 heavy (non-hydrogen) atoms. The maximum absolute atomic E-state index is 5.67. The predicted molar refractivity (Wildman–Crippen MR) is 61.2 cm³/mol. The third kappa shape index (κ3) is 4.47. The van der Waals surface area contributed by atoms with Gasteiger partial charge >= 0.3 is 0 Å². The first kappa shape index (κ1) is 12.9. The lowest BCUT2D eigenvalue weighted by Gasteiger charge is -2.31. The van der Waals surface area contributed by atoms with Gasteiger partial charge in [0.05, 0.1) is 18.8 Å². The number of hydrogen-bond donors (Lipinski definition) is 1. The number of morpholine rings is 1. The molecule has 0 radical (unpaired) electrons. The molecule has 1 rings (SSSR count). The first-order valence-corrected chi connectivity index (χ1v) is 5.69. The average Bonchev–Trinajstić information content (AvgIpc) is 2.25. The zero-order valence-electron chi connectivity index (χ0n) is 10.3. The number of methoxy groups -OCH3 is 1. The van der Waals surface area contributed by atoms with Crippen molar-refractivity contribution in [1.29, 1.82) is 0 Å². The monoisotopic (exact) mass is 216 g/mol. The maximum Gasteiger partial charge on any atom is 0.0826 e. The Balaban J connectivity index is 2.18. The summed E-state index contributed by atoms with van der Waals surface area (Å²) in [5.41, 5.74) is 0. The summed E-state index contributed by atoms with van der Waals surface area (Å²) in [5, 5.41) is 3.45. The second-order valence-corrected chi connectivity index (χ2v) is 4.39. The summed E-state index contributed by atoms with van der Waals surface area (Å²) in [4.78, 5) is 2.31.